The van der Waals surface area contributed by atoms with Gasteiger partial charge < -0.3 is 10.1 Å². The Balaban J connectivity index is 1.87. The van der Waals surface area contributed by atoms with E-state index in [1.54, 1.807) is 24.3 Å². The van der Waals surface area contributed by atoms with Crippen LogP contribution in [0.1, 0.15) is 10.4 Å². The van der Waals surface area contributed by atoms with Crippen molar-refractivity contribution < 1.29 is 22.7 Å². The standard InChI is InChI=1S/C15H11ClF3N3O2S/c16-11-3-1-2-4-12(11)20-14(25)22-21-13(23)9-5-7-10(8-6-9)24-15(17,18)19/h1-8H,(H,21,23)(H2,20,22,25). The Morgan fingerprint density at radius 3 is 2.28 bits per heavy atom. The topological polar surface area (TPSA) is 62.4 Å². The lowest BCUT2D eigenvalue weighted by Gasteiger charge is -2.13. The number of amides is 1. The fourth-order valence-electron chi connectivity index (χ4n) is 1.71. The van der Waals surface area contributed by atoms with Crippen LogP contribution in [0.5, 0.6) is 5.75 Å². The third-order valence-electron chi connectivity index (χ3n) is 2.76. The number of thiocarbonyl (C=S) groups is 1. The van der Waals surface area contributed by atoms with E-state index in [1.165, 1.54) is 12.1 Å². The summed E-state index contributed by atoms with van der Waals surface area (Å²) in [5.41, 5.74) is 5.43. The number of anilines is 1. The second kappa shape index (κ2) is 8.04. The fourth-order valence-corrected chi connectivity index (χ4v) is 2.05. The zero-order valence-corrected chi connectivity index (χ0v) is 13.9. The summed E-state index contributed by atoms with van der Waals surface area (Å²) in [7, 11) is 0. The minimum Gasteiger partial charge on any atom is -0.406 e. The average Bonchev–Trinajstić information content (AvgIpc) is 2.54. The summed E-state index contributed by atoms with van der Waals surface area (Å²) in [5, 5.41) is 3.31. The lowest BCUT2D eigenvalue weighted by atomic mass is 10.2. The molecule has 0 unspecified atom stereocenters. The van der Waals surface area contributed by atoms with Gasteiger partial charge in [-0.3, -0.25) is 15.6 Å². The van der Waals surface area contributed by atoms with Crippen LogP contribution in [0.25, 0.3) is 0 Å². The molecule has 2 rings (SSSR count). The molecule has 0 saturated heterocycles. The highest BCUT2D eigenvalue weighted by Gasteiger charge is 2.31. The van der Waals surface area contributed by atoms with Gasteiger partial charge in [0.2, 0.25) is 0 Å². The van der Waals surface area contributed by atoms with E-state index in [0.29, 0.717) is 10.7 Å². The summed E-state index contributed by atoms with van der Waals surface area (Å²) in [6.45, 7) is 0. The third-order valence-corrected chi connectivity index (χ3v) is 3.30. The normalized spacial score (nSPS) is 10.7. The monoisotopic (exact) mass is 389 g/mol. The maximum absolute atomic E-state index is 12.1. The molecule has 0 spiro atoms. The van der Waals surface area contributed by atoms with Crippen LogP contribution in [-0.2, 0) is 0 Å². The number of hydrogen-bond acceptors (Lipinski definition) is 3. The van der Waals surface area contributed by atoms with Crippen LogP contribution in [0.15, 0.2) is 48.5 Å². The van der Waals surface area contributed by atoms with Gasteiger partial charge in [0.15, 0.2) is 5.11 Å². The Bertz CT molecular complexity index is 769. The largest absolute Gasteiger partial charge is 0.573 e. The molecular weight excluding hydrogens is 379 g/mol. The number of rotatable bonds is 3. The Labute approximate surface area is 151 Å². The number of carbonyl (C=O) groups excluding carboxylic acids is 1. The lowest BCUT2D eigenvalue weighted by molar-refractivity contribution is -0.274. The van der Waals surface area contributed by atoms with Gasteiger partial charge in [-0.2, -0.15) is 0 Å². The summed E-state index contributed by atoms with van der Waals surface area (Å²) in [6.07, 6.45) is -4.79. The maximum Gasteiger partial charge on any atom is 0.573 e. The molecule has 2 aromatic carbocycles. The smallest absolute Gasteiger partial charge is 0.406 e. The Morgan fingerprint density at radius 2 is 1.68 bits per heavy atom. The number of alkyl halides is 3. The molecule has 0 aliphatic heterocycles. The number of nitrogens with one attached hydrogen (secondary N) is 3. The van der Waals surface area contributed by atoms with E-state index < -0.39 is 18.0 Å². The summed E-state index contributed by atoms with van der Waals surface area (Å²) in [4.78, 5) is 11.9. The van der Waals surface area contributed by atoms with E-state index >= 15 is 0 Å². The van der Waals surface area contributed by atoms with Crippen LogP contribution < -0.4 is 20.9 Å². The SMILES string of the molecule is O=C(NNC(=S)Nc1ccccc1Cl)c1ccc(OC(F)(F)F)cc1. The summed E-state index contributed by atoms with van der Waals surface area (Å²) >= 11 is 11.0. The number of hydrogen-bond donors (Lipinski definition) is 3. The van der Waals surface area contributed by atoms with Gasteiger partial charge in [0, 0.05) is 5.56 Å². The van der Waals surface area contributed by atoms with Crippen LogP contribution >= 0.6 is 23.8 Å². The van der Waals surface area contributed by atoms with Gasteiger partial charge >= 0.3 is 6.36 Å². The van der Waals surface area contributed by atoms with Gasteiger partial charge in [0.1, 0.15) is 5.75 Å². The minimum atomic E-state index is -4.79. The molecule has 0 saturated carbocycles. The van der Waals surface area contributed by atoms with Crippen molar-refractivity contribution in [1.82, 2.24) is 10.9 Å². The van der Waals surface area contributed by atoms with E-state index in [1.807, 2.05) is 0 Å². The molecule has 0 aliphatic carbocycles. The van der Waals surface area contributed by atoms with Crippen molar-refractivity contribution >= 4 is 40.5 Å². The van der Waals surface area contributed by atoms with Gasteiger partial charge in [-0.25, -0.2) is 0 Å². The number of hydrazine groups is 1. The van der Waals surface area contributed by atoms with Crippen molar-refractivity contribution in [1.29, 1.82) is 0 Å². The van der Waals surface area contributed by atoms with Crippen LogP contribution in [0, 0.1) is 0 Å². The number of halogens is 4. The third kappa shape index (κ3) is 6.12. The van der Waals surface area contributed by atoms with E-state index in [-0.39, 0.29) is 10.7 Å². The highest BCUT2D eigenvalue weighted by molar-refractivity contribution is 7.80. The zero-order chi connectivity index (χ0) is 18.4. The van der Waals surface area contributed by atoms with E-state index in [4.69, 9.17) is 23.8 Å². The first-order valence-electron chi connectivity index (χ1n) is 6.72. The van der Waals surface area contributed by atoms with Crippen molar-refractivity contribution in [3.05, 3.63) is 59.1 Å². The number of benzene rings is 2. The molecule has 10 heteroatoms. The van der Waals surface area contributed by atoms with Gasteiger partial charge in [-0.1, -0.05) is 23.7 Å². The number of ether oxygens (including phenoxy) is 1. The molecule has 3 N–H and O–H groups in total. The lowest BCUT2D eigenvalue weighted by Crippen LogP contribution is -2.43. The first-order valence-corrected chi connectivity index (χ1v) is 7.51. The molecule has 0 fully saturated rings. The molecule has 0 heterocycles. The van der Waals surface area contributed by atoms with Gasteiger partial charge in [-0.15, -0.1) is 13.2 Å². The molecule has 2 aromatic rings. The van der Waals surface area contributed by atoms with Gasteiger partial charge in [0.05, 0.1) is 10.7 Å². The second-order valence-electron chi connectivity index (χ2n) is 4.59. The molecule has 0 atom stereocenters. The first-order chi connectivity index (χ1) is 11.7. The van der Waals surface area contributed by atoms with E-state index in [0.717, 1.165) is 12.1 Å². The van der Waals surface area contributed by atoms with Crippen LogP contribution in [0.2, 0.25) is 5.02 Å². The minimum absolute atomic E-state index is 0.0819. The van der Waals surface area contributed by atoms with Crippen molar-refractivity contribution in [2.75, 3.05) is 5.32 Å². The Kier molecular flexibility index (Phi) is 6.05. The molecule has 25 heavy (non-hydrogen) atoms. The highest BCUT2D eigenvalue weighted by atomic mass is 35.5. The molecule has 5 nitrogen and oxygen atoms in total. The van der Waals surface area contributed by atoms with Crippen molar-refractivity contribution in [2.24, 2.45) is 0 Å². The highest BCUT2D eigenvalue weighted by Crippen LogP contribution is 2.22. The number of para-hydroxylation sites is 1. The maximum atomic E-state index is 12.1. The molecule has 0 aromatic heterocycles. The summed E-state index contributed by atoms with van der Waals surface area (Å²) < 4.78 is 39.9. The fraction of sp³-hybridized carbons (Fsp3) is 0.0667. The molecule has 0 aliphatic rings. The molecular formula is C15H11ClF3N3O2S. The summed E-state index contributed by atoms with van der Waals surface area (Å²) in [6, 6.07) is 11.3. The quantitative estimate of drug-likeness (QED) is 0.549. The second-order valence-corrected chi connectivity index (χ2v) is 5.40. The number of carbonyl (C=O) groups is 1. The predicted octanol–water partition coefficient (Wildman–Crippen LogP) is 3.87. The van der Waals surface area contributed by atoms with E-state index in [2.05, 4.69) is 20.9 Å². The van der Waals surface area contributed by atoms with Crippen molar-refractivity contribution in [2.45, 2.75) is 6.36 Å². The Hall–Kier alpha value is -2.52. The van der Waals surface area contributed by atoms with Crippen LogP contribution in [-0.4, -0.2) is 17.4 Å². The molecule has 132 valence electrons. The summed E-state index contributed by atoms with van der Waals surface area (Å²) in [5.74, 6) is -1.02. The van der Waals surface area contributed by atoms with E-state index in [9.17, 15) is 18.0 Å². The molecule has 0 bridgehead atoms. The first kappa shape index (κ1) is 18.8. The molecule has 0 radical (unpaired) electrons. The molecule has 1 amide bonds. The van der Waals surface area contributed by atoms with Gasteiger partial charge in [0.25, 0.3) is 5.91 Å². The van der Waals surface area contributed by atoms with Crippen molar-refractivity contribution in [3.8, 4) is 5.75 Å². The van der Waals surface area contributed by atoms with Crippen molar-refractivity contribution in [3.63, 3.8) is 0 Å². The predicted molar refractivity (Wildman–Crippen MR) is 91.4 cm³/mol. The van der Waals surface area contributed by atoms with Crippen LogP contribution in [0.4, 0.5) is 18.9 Å². The Morgan fingerprint density at radius 1 is 1.04 bits per heavy atom. The van der Waals surface area contributed by atoms with Gasteiger partial charge in [-0.05, 0) is 48.6 Å². The average molecular weight is 390 g/mol. The zero-order valence-electron chi connectivity index (χ0n) is 12.4. The van der Waals surface area contributed by atoms with Crippen LogP contribution in [0.3, 0.4) is 0 Å².